The number of carbonyl (C=O) groups excluding carboxylic acids is 1. The summed E-state index contributed by atoms with van der Waals surface area (Å²) in [4.78, 5) is 19.4. The number of carbonyl (C=O) groups is 1. The molecule has 0 aliphatic carbocycles. The van der Waals surface area contributed by atoms with Crippen LogP contribution in [0.5, 0.6) is 0 Å². The van der Waals surface area contributed by atoms with Gasteiger partial charge < -0.3 is 5.32 Å². The first-order chi connectivity index (χ1) is 13.2. The predicted molar refractivity (Wildman–Crippen MR) is 108 cm³/mol. The summed E-state index contributed by atoms with van der Waals surface area (Å²) in [5, 5.41) is 3.31. The zero-order valence-corrected chi connectivity index (χ0v) is 15.8. The fourth-order valence-electron chi connectivity index (χ4n) is 4.44. The van der Waals surface area contributed by atoms with Gasteiger partial charge in [-0.3, -0.25) is 14.7 Å². The molecule has 2 bridgehead atoms. The van der Waals surface area contributed by atoms with Crippen molar-refractivity contribution in [2.45, 2.75) is 38.3 Å². The number of benzene rings is 1. The summed E-state index contributed by atoms with van der Waals surface area (Å²) in [5.41, 5.74) is 3.52. The number of hydrogen-bond acceptors (Lipinski definition) is 3. The lowest BCUT2D eigenvalue weighted by molar-refractivity contribution is -0.119. The molecule has 4 heteroatoms. The van der Waals surface area contributed by atoms with Crippen LogP contribution in [0.3, 0.4) is 0 Å². The number of nitrogens with zero attached hydrogens (tertiary/aromatic N) is 2. The van der Waals surface area contributed by atoms with E-state index in [1.165, 1.54) is 24.0 Å². The molecule has 3 saturated heterocycles. The molecule has 1 aromatic carbocycles. The fourth-order valence-corrected chi connectivity index (χ4v) is 4.44. The number of hydrogen-bond donors (Lipinski definition) is 1. The maximum Gasteiger partial charge on any atom is 0.244 e. The Labute approximate surface area is 161 Å². The summed E-state index contributed by atoms with van der Waals surface area (Å²) >= 11 is 0. The Bertz CT molecular complexity index is 792. The molecule has 3 fully saturated rings. The molecule has 2 aromatic rings. The Kier molecular flexibility index (Phi) is 5.35. The van der Waals surface area contributed by atoms with Crippen molar-refractivity contribution in [2.75, 3.05) is 13.1 Å². The number of aryl methyl sites for hydroxylation is 1. The molecule has 0 spiro atoms. The van der Waals surface area contributed by atoms with Gasteiger partial charge in [0.1, 0.15) is 0 Å². The average Bonchev–Trinajstić information content (AvgIpc) is 2.71. The second-order valence-corrected chi connectivity index (χ2v) is 7.78. The van der Waals surface area contributed by atoms with Crippen LogP contribution < -0.4 is 5.32 Å². The molecule has 3 aliphatic rings. The largest absolute Gasteiger partial charge is 0.348 e. The van der Waals surface area contributed by atoms with E-state index >= 15 is 0 Å². The maximum absolute atomic E-state index is 12.6. The first kappa shape index (κ1) is 17.9. The number of nitrogens with one attached hydrogen (secondary N) is 1. The fraction of sp³-hybridized carbons (Fsp3) is 0.391. The Morgan fingerprint density at radius 3 is 2.70 bits per heavy atom. The van der Waals surface area contributed by atoms with Crippen molar-refractivity contribution in [1.29, 1.82) is 0 Å². The molecule has 27 heavy (non-hydrogen) atoms. The lowest BCUT2D eigenvalue weighted by atomic mass is 9.77. The zero-order valence-electron chi connectivity index (χ0n) is 15.8. The van der Waals surface area contributed by atoms with Crippen molar-refractivity contribution in [2.24, 2.45) is 5.92 Å². The van der Waals surface area contributed by atoms with Crippen LogP contribution in [-0.2, 0) is 11.2 Å². The summed E-state index contributed by atoms with van der Waals surface area (Å²) in [6.07, 6.45) is 10.6. The van der Waals surface area contributed by atoms with Crippen molar-refractivity contribution in [3.8, 4) is 0 Å². The van der Waals surface area contributed by atoms with E-state index in [0.29, 0.717) is 12.0 Å². The second kappa shape index (κ2) is 8.05. The summed E-state index contributed by atoms with van der Waals surface area (Å²) in [6.45, 7) is 4.35. The minimum atomic E-state index is 0.00510. The molecular formula is C23H27N3O. The highest BCUT2D eigenvalue weighted by atomic mass is 16.1. The van der Waals surface area contributed by atoms with E-state index in [1.807, 2.05) is 36.7 Å². The maximum atomic E-state index is 12.6. The summed E-state index contributed by atoms with van der Waals surface area (Å²) in [5.74, 6) is 0.582. The highest BCUT2D eigenvalue weighted by Gasteiger charge is 2.42. The first-order valence-electron chi connectivity index (χ1n) is 9.87. The molecule has 140 valence electrons. The molecule has 5 rings (SSSR count). The van der Waals surface area contributed by atoms with Crippen LogP contribution in [0, 0.1) is 12.8 Å². The van der Waals surface area contributed by atoms with Crippen LogP contribution in [0.1, 0.15) is 29.5 Å². The minimum Gasteiger partial charge on any atom is -0.348 e. The standard InChI is InChI=1S/C23H27N3O/c1-17-4-6-18(7-5-17)8-9-22(27)25-23-20-10-13-26(14-11-20)21(23)15-19-3-2-12-24-16-19/h2-9,12,16,20-21,23H,10-11,13-15H2,1H3,(H,25,27)/t21-,23-/m0/s1. The number of rotatable bonds is 5. The lowest BCUT2D eigenvalue weighted by Crippen LogP contribution is -2.64. The van der Waals surface area contributed by atoms with Crippen LogP contribution in [0.4, 0.5) is 0 Å². The van der Waals surface area contributed by atoms with Crippen LogP contribution >= 0.6 is 0 Å². The number of piperidine rings is 3. The van der Waals surface area contributed by atoms with Crippen LogP contribution in [0.25, 0.3) is 6.08 Å². The van der Waals surface area contributed by atoms with E-state index in [9.17, 15) is 4.79 Å². The van der Waals surface area contributed by atoms with Crippen molar-refractivity contribution >= 4 is 12.0 Å². The molecular weight excluding hydrogens is 334 g/mol. The van der Waals surface area contributed by atoms with E-state index in [2.05, 4.69) is 40.3 Å². The number of aromatic nitrogens is 1. The molecule has 0 saturated carbocycles. The minimum absolute atomic E-state index is 0.00510. The molecule has 4 heterocycles. The summed E-state index contributed by atoms with van der Waals surface area (Å²) in [6, 6.07) is 12.9. The van der Waals surface area contributed by atoms with Gasteiger partial charge in [-0.05, 0) is 68.5 Å². The zero-order chi connectivity index (χ0) is 18.6. The number of pyridine rings is 1. The van der Waals surface area contributed by atoms with Gasteiger partial charge >= 0.3 is 0 Å². The highest BCUT2D eigenvalue weighted by Crippen LogP contribution is 2.33. The van der Waals surface area contributed by atoms with Crippen LogP contribution in [-0.4, -0.2) is 41.0 Å². The van der Waals surface area contributed by atoms with Crippen molar-refractivity contribution in [1.82, 2.24) is 15.2 Å². The molecule has 4 nitrogen and oxygen atoms in total. The van der Waals surface area contributed by atoms with Crippen LogP contribution in [0.15, 0.2) is 54.9 Å². The number of fused-ring (bicyclic) bond motifs is 3. The Morgan fingerprint density at radius 2 is 2.00 bits per heavy atom. The van der Waals surface area contributed by atoms with Gasteiger partial charge in [-0.2, -0.15) is 0 Å². The third-order valence-corrected chi connectivity index (χ3v) is 5.95. The topological polar surface area (TPSA) is 45.2 Å². The van der Waals surface area contributed by atoms with E-state index in [-0.39, 0.29) is 11.9 Å². The number of amides is 1. The Balaban J connectivity index is 1.44. The van der Waals surface area contributed by atoms with Gasteiger partial charge in [0.05, 0.1) is 0 Å². The predicted octanol–water partition coefficient (Wildman–Crippen LogP) is 3.22. The molecule has 2 atom stereocenters. The smallest absolute Gasteiger partial charge is 0.244 e. The van der Waals surface area contributed by atoms with Gasteiger partial charge in [0.15, 0.2) is 0 Å². The molecule has 0 radical (unpaired) electrons. The van der Waals surface area contributed by atoms with Gasteiger partial charge in [0, 0.05) is 30.6 Å². The Hall–Kier alpha value is -2.46. The third kappa shape index (κ3) is 4.28. The SMILES string of the molecule is Cc1ccc(C=CC(=O)N[C@H]2C3CCN(CC3)[C@H]2Cc2cccnc2)cc1. The molecule has 1 aromatic heterocycles. The van der Waals surface area contributed by atoms with Crippen molar-refractivity contribution in [3.05, 3.63) is 71.6 Å². The van der Waals surface area contributed by atoms with Crippen molar-refractivity contribution in [3.63, 3.8) is 0 Å². The molecule has 1 amide bonds. The molecule has 1 N–H and O–H groups in total. The van der Waals surface area contributed by atoms with Gasteiger partial charge in [0.2, 0.25) is 5.91 Å². The van der Waals surface area contributed by atoms with E-state index < -0.39 is 0 Å². The van der Waals surface area contributed by atoms with Gasteiger partial charge in [-0.25, -0.2) is 0 Å². The highest BCUT2D eigenvalue weighted by molar-refractivity contribution is 5.92. The third-order valence-electron chi connectivity index (χ3n) is 5.95. The average molecular weight is 361 g/mol. The van der Waals surface area contributed by atoms with Gasteiger partial charge in [-0.1, -0.05) is 35.9 Å². The van der Waals surface area contributed by atoms with Crippen molar-refractivity contribution < 1.29 is 4.79 Å². The summed E-state index contributed by atoms with van der Waals surface area (Å²) < 4.78 is 0. The van der Waals surface area contributed by atoms with E-state index in [0.717, 1.165) is 25.1 Å². The lowest BCUT2D eigenvalue weighted by Gasteiger charge is -2.51. The second-order valence-electron chi connectivity index (χ2n) is 7.78. The summed E-state index contributed by atoms with van der Waals surface area (Å²) in [7, 11) is 0. The van der Waals surface area contributed by atoms with Crippen LogP contribution in [0.2, 0.25) is 0 Å². The van der Waals surface area contributed by atoms with Gasteiger partial charge in [-0.15, -0.1) is 0 Å². The molecule has 3 aliphatic heterocycles. The quantitative estimate of drug-likeness (QED) is 0.832. The van der Waals surface area contributed by atoms with E-state index in [4.69, 9.17) is 0 Å². The monoisotopic (exact) mass is 361 g/mol. The normalized spacial score (nSPS) is 27.0. The molecule has 0 unspecified atom stereocenters. The first-order valence-corrected chi connectivity index (χ1v) is 9.87. The van der Waals surface area contributed by atoms with E-state index in [1.54, 1.807) is 6.08 Å². The Morgan fingerprint density at radius 1 is 1.22 bits per heavy atom. The van der Waals surface area contributed by atoms with Gasteiger partial charge in [0.25, 0.3) is 0 Å².